The number of hydrogen-bond donors (Lipinski definition) is 2. The molecule has 1 aliphatic heterocycles. The van der Waals surface area contributed by atoms with Crippen LogP contribution in [0.4, 0.5) is 0 Å². The molecule has 1 unspecified atom stereocenters. The zero-order chi connectivity index (χ0) is 12.5. The van der Waals surface area contributed by atoms with Crippen LogP contribution in [0.3, 0.4) is 0 Å². The zero-order valence-electron chi connectivity index (χ0n) is 10.2. The van der Waals surface area contributed by atoms with E-state index in [0.29, 0.717) is 19.6 Å². The van der Waals surface area contributed by atoms with Gasteiger partial charge in [0.1, 0.15) is 0 Å². The predicted octanol–water partition coefficient (Wildman–Crippen LogP) is -1.13. The molecule has 6 nitrogen and oxygen atoms in total. The summed E-state index contributed by atoms with van der Waals surface area (Å²) < 4.78 is 4.92. The molecule has 97 valence electrons. The van der Waals surface area contributed by atoms with Crippen LogP contribution in [0, 0.1) is 0 Å². The quantitative estimate of drug-likeness (QED) is 0.336. The van der Waals surface area contributed by atoms with Gasteiger partial charge in [-0.3, -0.25) is 14.5 Å². The van der Waals surface area contributed by atoms with Gasteiger partial charge in [0, 0.05) is 38.8 Å². The number of piperazine rings is 1. The van der Waals surface area contributed by atoms with Crippen molar-refractivity contribution < 1.29 is 14.3 Å². The summed E-state index contributed by atoms with van der Waals surface area (Å²) in [6.07, 6.45) is 2.05. The lowest BCUT2D eigenvalue weighted by Crippen LogP contribution is -2.52. The van der Waals surface area contributed by atoms with Crippen LogP contribution in [-0.4, -0.2) is 62.7 Å². The number of esters is 1. The SMILES string of the molecule is CCOC(=O)CC1CN(CCN[C]=O)CCN1. The Bertz CT molecular complexity index is 248. The number of carbonyl (C=O) groups is 1. The molecule has 0 aliphatic carbocycles. The molecule has 0 bridgehead atoms. The molecule has 1 fully saturated rings. The molecule has 1 radical (unpaired) electrons. The van der Waals surface area contributed by atoms with E-state index >= 15 is 0 Å². The standard InChI is InChI=1S/C11H20N3O3/c1-2-17-11(16)7-10-8-14(6-4-13-10)5-3-12-9-15/h10,13H,2-8H2,1H3,(H,12,15). The number of carbonyl (C=O) groups excluding carboxylic acids is 2. The summed E-state index contributed by atoms with van der Waals surface area (Å²) in [6.45, 7) is 6.20. The summed E-state index contributed by atoms with van der Waals surface area (Å²) in [4.78, 5) is 23.5. The molecule has 1 atom stereocenters. The van der Waals surface area contributed by atoms with E-state index in [-0.39, 0.29) is 12.0 Å². The van der Waals surface area contributed by atoms with E-state index in [2.05, 4.69) is 15.5 Å². The summed E-state index contributed by atoms with van der Waals surface area (Å²) in [5.41, 5.74) is 0. The molecular weight excluding hydrogens is 222 g/mol. The molecule has 2 N–H and O–H groups in total. The van der Waals surface area contributed by atoms with E-state index in [1.165, 1.54) is 0 Å². The van der Waals surface area contributed by atoms with Crippen LogP contribution in [0.1, 0.15) is 13.3 Å². The van der Waals surface area contributed by atoms with E-state index in [1.54, 1.807) is 13.3 Å². The van der Waals surface area contributed by atoms with Crippen LogP contribution < -0.4 is 10.6 Å². The fraction of sp³-hybridized carbons (Fsp3) is 0.818. The van der Waals surface area contributed by atoms with Gasteiger partial charge in [0.15, 0.2) is 0 Å². The molecule has 1 amide bonds. The van der Waals surface area contributed by atoms with E-state index in [4.69, 9.17) is 4.74 Å². The lowest BCUT2D eigenvalue weighted by molar-refractivity contribution is -0.143. The monoisotopic (exact) mass is 242 g/mol. The van der Waals surface area contributed by atoms with Gasteiger partial charge >= 0.3 is 12.4 Å². The van der Waals surface area contributed by atoms with Gasteiger partial charge in [-0.05, 0) is 6.92 Å². The minimum Gasteiger partial charge on any atom is -0.466 e. The first-order chi connectivity index (χ1) is 8.26. The minimum atomic E-state index is -0.161. The second-order valence-electron chi connectivity index (χ2n) is 3.99. The van der Waals surface area contributed by atoms with Crippen molar-refractivity contribution in [2.45, 2.75) is 19.4 Å². The molecule has 0 aromatic rings. The van der Waals surface area contributed by atoms with E-state index in [9.17, 15) is 9.59 Å². The van der Waals surface area contributed by atoms with Crippen molar-refractivity contribution in [1.82, 2.24) is 15.5 Å². The van der Waals surface area contributed by atoms with Crippen molar-refractivity contribution in [3.63, 3.8) is 0 Å². The summed E-state index contributed by atoms with van der Waals surface area (Å²) in [6, 6.07) is 0.142. The first-order valence-electron chi connectivity index (χ1n) is 5.97. The first kappa shape index (κ1) is 13.9. The maximum Gasteiger partial charge on any atom is 0.309 e. The Morgan fingerprint density at radius 1 is 1.65 bits per heavy atom. The lowest BCUT2D eigenvalue weighted by Gasteiger charge is -2.33. The zero-order valence-corrected chi connectivity index (χ0v) is 10.2. The average Bonchev–Trinajstić information content (AvgIpc) is 2.30. The maximum atomic E-state index is 11.3. The van der Waals surface area contributed by atoms with Gasteiger partial charge in [-0.15, -0.1) is 0 Å². The summed E-state index contributed by atoms with van der Waals surface area (Å²) in [7, 11) is 0. The van der Waals surface area contributed by atoms with Crippen molar-refractivity contribution in [3.8, 4) is 0 Å². The highest BCUT2D eigenvalue weighted by atomic mass is 16.5. The Kier molecular flexibility index (Phi) is 6.57. The van der Waals surface area contributed by atoms with Crippen molar-refractivity contribution in [2.24, 2.45) is 0 Å². The largest absolute Gasteiger partial charge is 0.466 e. The smallest absolute Gasteiger partial charge is 0.309 e. The third kappa shape index (κ3) is 5.65. The summed E-state index contributed by atoms with van der Waals surface area (Å²) in [5, 5.41) is 5.80. The van der Waals surface area contributed by atoms with Gasteiger partial charge in [0.2, 0.25) is 0 Å². The Morgan fingerprint density at radius 2 is 2.47 bits per heavy atom. The van der Waals surface area contributed by atoms with Crippen LogP contribution in [0.15, 0.2) is 0 Å². The number of hydrogen-bond acceptors (Lipinski definition) is 5. The van der Waals surface area contributed by atoms with Crippen molar-refractivity contribution in [2.75, 3.05) is 39.3 Å². The molecule has 0 spiro atoms. The Morgan fingerprint density at radius 3 is 3.18 bits per heavy atom. The van der Waals surface area contributed by atoms with Gasteiger partial charge in [-0.1, -0.05) is 0 Å². The fourth-order valence-electron chi connectivity index (χ4n) is 1.92. The van der Waals surface area contributed by atoms with Crippen molar-refractivity contribution in [1.29, 1.82) is 0 Å². The molecule has 0 aromatic heterocycles. The maximum absolute atomic E-state index is 11.3. The summed E-state index contributed by atoms with van der Waals surface area (Å²) in [5.74, 6) is -0.161. The third-order valence-electron chi connectivity index (χ3n) is 2.68. The normalized spacial score (nSPS) is 20.9. The Labute approximate surface area is 102 Å². The highest BCUT2D eigenvalue weighted by molar-refractivity contribution is 5.70. The predicted molar refractivity (Wildman–Crippen MR) is 63.2 cm³/mol. The number of amides is 1. The molecule has 6 heteroatoms. The van der Waals surface area contributed by atoms with Gasteiger partial charge in [0.25, 0.3) is 0 Å². The van der Waals surface area contributed by atoms with Crippen LogP contribution >= 0.6 is 0 Å². The van der Waals surface area contributed by atoms with Gasteiger partial charge in [0.05, 0.1) is 13.0 Å². The topological polar surface area (TPSA) is 70.7 Å². The van der Waals surface area contributed by atoms with E-state index in [0.717, 1.165) is 26.2 Å². The lowest BCUT2D eigenvalue weighted by atomic mass is 10.1. The molecule has 0 aromatic carbocycles. The third-order valence-corrected chi connectivity index (χ3v) is 2.68. The second kappa shape index (κ2) is 8.03. The van der Waals surface area contributed by atoms with Crippen molar-refractivity contribution in [3.05, 3.63) is 0 Å². The highest BCUT2D eigenvalue weighted by Crippen LogP contribution is 2.03. The van der Waals surface area contributed by atoms with Gasteiger partial charge in [-0.2, -0.15) is 0 Å². The van der Waals surface area contributed by atoms with E-state index < -0.39 is 0 Å². The molecule has 1 heterocycles. The number of nitrogens with one attached hydrogen (secondary N) is 2. The summed E-state index contributed by atoms with van der Waals surface area (Å²) >= 11 is 0. The Balaban J connectivity index is 2.23. The Hall–Kier alpha value is -1.14. The second-order valence-corrected chi connectivity index (χ2v) is 3.99. The minimum absolute atomic E-state index is 0.142. The first-order valence-corrected chi connectivity index (χ1v) is 5.97. The molecule has 17 heavy (non-hydrogen) atoms. The van der Waals surface area contributed by atoms with Gasteiger partial charge in [-0.25, -0.2) is 0 Å². The molecule has 0 saturated carbocycles. The molecular formula is C11H20N3O3. The van der Waals surface area contributed by atoms with Crippen molar-refractivity contribution >= 4 is 12.4 Å². The number of ether oxygens (including phenoxy) is 1. The van der Waals surface area contributed by atoms with Crippen LogP contribution in [0.25, 0.3) is 0 Å². The van der Waals surface area contributed by atoms with Crippen LogP contribution in [-0.2, 0) is 14.3 Å². The van der Waals surface area contributed by atoms with Crippen LogP contribution in [0.2, 0.25) is 0 Å². The molecule has 1 aliphatic rings. The average molecular weight is 242 g/mol. The van der Waals surface area contributed by atoms with Crippen LogP contribution in [0.5, 0.6) is 0 Å². The fourth-order valence-corrected chi connectivity index (χ4v) is 1.92. The van der Waals surface area contributed by atoms with Gasteiger partial charge < -0.3 is 15.4 Å². The molecule has 1 saturated heterocycles. The highest BCUT2D eigenvalue weighted by Gasteiger charge is 2.21. The number of rotatable bonds is 7. The number of nitrogens with zero attached hydrogens (tertiary/aromatic N) is 1. The van der Waals surface area contributed by atoms with E-state index in [1.807, 2.05) is 0 Å². The molecule has 1 rings (SSSR count).